The average molecular weight is 280 g/mol. The molecule has 0 spiro atoms. The third-order valence-corrected chi connectivity index (χ3v) is 2.66. The zero-order valence-electron chi connectivity index (χ0n) is 9.75. The Labute approximate surface area is 114 Å². The number of benzene rings is 2. The van der Waals surface area contributed by atoms with Crippen molar-refractivity contribution in [1.29, 1.82) is 0 Å². The summed E-state index contributed by atoms with van der Waals surface area (Å²) in [5, 5.41) is 20.2. The lowest BCUT2D eigenvalue weighted by molar-refractivity contribution is -0.385. The van der Waals surface area contributed by atoms with Gasteiger partial charge in [-0.05, 0) is 29.8 Å². The van der Waals surface area contributed by atoms with Crippen LogP contribution in [0.1, 0.15) is 5.56 Å². The van der Waals surface area contributed by atoms with Crippen molar-refractivity contribution in [3.8, 4) is 11.5 Å². The van der Waals surface area contributed by atoms with Crippen LogP contribution in [0.25, 0.3) is 0 Å². The second kappa shape index (κ2) is 5.69. The number of hydrogen-bond acceptors (Lipinski definition) is 4. The highest BCUT2D eigenvalue weighted by Crippen LogP contribution is 2.33. The van der Waals surface area contributed by atoms with E-state index in [0.717, 1.165) is 0 Å². The summed E-state index contributed by atoms with van der Waals surface area (Å²) in [6.45, 7) is -0.125. The first kappa shape index (κ1) is 13.3. The summed E-state index contributed by atoms with van der Waals surface area (Å²) >= 11 is 5.72. The summed E-state index contributed by atoms with van der Waals surface area (Å²) in [7, 11) is 0. The van der Waals surface area contributed by atoms with E-state index in [1.54, 1.807) is 24.3 Å². The predicted molar refractivity (Wildman–Crippen MR) is 70.5 cm³/mol. The fraction of sp³-hybridized carbons (Fsp3) is 0.0769. The van der Waals surface area contributed by atoms with Crippen LogP contribution in [0, 0.1) is 10.1 Å². The fourth-order valence-electron chi connectivity index (χ4n) is 1.55. The van der Waals surface area contributed by atoms with Crippen LogP contribution in [0.4, 0.5) is 5.69 Å². The van der Waals surface area contributed by atoms with E-state index in [1.807, 2.05) is 0 Å². The van der Waals surface area contributed by atoms with Crippen LogP contribution < -0.4 is 4.74 Å². The molecule has 0 atom stereocenters. The number of nitro groups is 1. The van der Waals surface area contributed by atoms with Crippen LogP contribution in [0.3, 0.4) is 0 Å². The lowest BCUT2D eigenvalue weighted by atomic mass is 10.2. The van der Waals surface area contributed by atoms with Crippen molar-refractivity contribution in [2.75, 3.05) is 0 Å². The molecule has 0 unspecified atom stereocenters. The molecule has 0 aromatic heterocycles. The van der Waals surface area contributed by atoms with Gasteiger partial charge in [-0.2, -0.15) is 0 Å². The molecule has 2 rings (SSSR count). The second-order valence-electron chi connectivity index (χ2n) is 3.78. The Morgan fingerprint density at radius 1 is 1.26 bits per heavy atom. The zero-order chi connectivity index (χ0) is 13.8. The molecule has 19 heavy (non-hydrogen) atoms. The quantitative estimate of drug-likeness (QED) is 0.686. The van der Waals surface area contributed by atoms with Crippen LogP contribution in [0.15, 0.2) is 42.5 Å². The summed E-state index contributed by atoms with van der Waals surface area (Å²) in [4.78, 5) is 10.4. The predicted octanol–water partition coefficient (Wildman–Crippen LogP) is 3.53. The van der Waals surface area contributed by atoms with Crippen LogP contribution in [-0.4, -0.2) is 10.0 Å². The molecule has 0 heterocycles. The second-order valence-corrected chi connectivity index (χ2v) is 4.21. The molecule has 0 aliphatic carbocycles. The van der Waals surface area contributed by atoms with Crippen molar-refractivity contribution >= 4 is 17.3 Å². The Kier molecular flexibility index (Phi) is 3.99. The summed E-state index contributed by atoms with van der Waals surface area (Å²) in [6.07, 6.45) is 0. The fourth-order valence-corrected chi connectivity index (χ4v) is 1.72. The number of ether oxygens (including phenoxy) is 1. The number of aliphatic hydroxyl groups excluding tert-OH is 1. The number of rotatable bonds is 4. The van der Waals surface area contributed by atoms with Gasteiger partial charge in [0.25, 0.3) is 0 Å². The van der Waals surface area contributed by atoms with Crippen molar-refractivity contribution < 1.29 is 14.8 Å². The third kappa shape index (κ3) is 3.21. The van der Waals surface area contributed by atoms with Crippen LogP contribution in [0.5, 0.6) is 11.5 Å². The summed E-state index contributed by atoms with van der Waals surface area (Å²) < 4.78 is 5.46. The lowest BCUT2D eigenvalue weighted by Crippen LogP contribution is -1.94. The maximum Gasteiger partial charge on any atom is 0.313 e. The van der Waals surface area contributed by atoms with Crippen molar-refractivity contribution in [3.63, 3.8) is 0 Å². The molecular weight excluding hydrogens is 270 g/mol. The molecule has 2 aromatic rings. The van der Waals surface area contributed by atoms with E-state index in [2.05, 4.69) is 0 Å². The molecule has 0 aliphatic heterocycles. The Morgan fingerprint density at radius 2 is 2.05 bits per heavy atom. The van der Waals surface area contributed by atoms with Crippen molar-refractivity contribution in [3.05, 3.63) is 63.2 Å². The van der Waals surface area contributed by atoms with E-state index < -0.39 is 4.92 Å². The van der Waals surface area contributed by atoms with E-state index in [9.17, 15) is 10.1 Å². The minimum atomic E-state index is -0.558. The first-order valence-corrected chi connectivity index (χ1v) is 5.79. The lowest BCUT2D eigenvalue weighted by Gasteiger charge is -2.07. The van der Waals surface area contributed by atoms with E-state index in [4.69, 9.17) is 21.4 Å². The van der Waals surface area contributed by atoms with Crippen LogP contribution >= 0.6 is 11.6 Å². The molecule has 5 nitrogen and oxygen atoms in total. The molecule has 0 radical (unpaired) electrons. The molecule has 0 bridgehead atoms. The van der Waals surface area contributed by atoms with E-state index in [0.29, 0.717) is 11.3 Å². The third-order valence-electron chi connectivity index (χ3n) is 2.43. The standard InChI is InChI=1S/C13H10ClNO4/c14-10-4-5-13(12(7-10)15(17)18)19-11-3-1-2-9(6-11)8-16/h1-7,16H,8H2. The van der Waals surface area contributed by atoms with Gasteiger partial charge in [0.05, 0.1) is 11.5 Å². The molecule has 0 saturated heterocycles. The van der Waals surface area contributed by atoms with Gasteiger partial charge >= 0.3 is 5.69 Å². The maximum atomic E-state index is 10.9. The van der Waals surface area contributed by atoms with Gasteiger partial charge in [-0.15, -0.1) is 0 Å². The molecule has 0 fully saturated rings. The molecule has 98 valence electrons. The first-order valence-electron chi connectivity index (χ1n) is 5.42. The van der Waals surface area contributed by atoms with Gasteiger partial charge in [0.2, 0.25) is 5.75 Å². The summed E-state index contributed by atoms with van der Waals surface area (Å²) in [5.74, 6) is 0.515. The molecule has 0 aliphatic rings. The summed E-state index contributed by atoms with van der Waals surface area (Å²) in [5.41, 5.74) is 0.455. The van der Waals surface area contributed by atoms with E-state index in [1.165, 1.54) is 18.2 Å². The maximum absolute atomic E-state index is 10.9. The van der Waals surface area contributed by atoms with Crippen LogP contribution in [0.2, 0.25) is 5.02 Å². The van der Waals surface area contributed by atoms with Gasteiger partial charge in [0.1, 0.15) is 5.75 Å². The molecule has 1 N–H and O–H groups in total. The number of halogens is 1. The Balaban J connectivity index is 2.34. The Hall–Kier alpha value is -2.11. The van der Waals surface area contributed by atoms with E-state index >= 15 is 0 Å². The van der Waals surface area contributed by atoms with Gasteiger partial charge in [-0.25, -0.2) is 0 Å². The van der Waals surface area contributed by atoms with Gasteiger partial charge in [0.15, 0.2) is 0 Å². The van der Waals surface area contributed by atoms with E-state index in [-0.39, 0.29) is 23.1 Å². The zero-order valence-corrected chi connectivity index (χ0v) is 10.5. The smallest absolute Gasteiger partial charge is 0.313 e. The van der Waals surface area contributed by atoms with Crippen molar-refractivity contribution in [2.45, 2.75) is 6.61 Å². The molecular formula is C13H10ClNO4. The SMILES string of the molecule is O=[N+]([O-])c1cc(Cl)ccc1Oc1cccc(CO)c1. The molecule has 0 amide bonds. The topological polar surface area (TPSA) is 72.6 Å². The Morgan fingerprint density at radius 3 is 2.74 bits per heavy atom. The number of hydrogen-bond donors (Lipinski definition) is 1. The minimum absolute atomic E-state index is 0.101. The average Bonchev–Trinajstić information content (AvgIpc) is 2.41. The summed E-state index contributed by atoms with van der Waals surface area (Å²) in [6, 6.07) is 10.9. The van der Waals surface area contributed by atoms with Gasteiger partial charge < -0.3 is 9.84 Å². The van der Waals surface area contributed by atoms with Gasteiger partial charge in [0, 0.05) is 11.1 Å². The minimum Gasteiger partial charge on any atom is -0.450 e. The Bertz CT molecular complexity index is 615. The number of nitrogens with zero attached hydrogens (tertiary/aromatic N) is 1. The largest absolute Gasteiger partial charge is 0.450 e. The number of aliphatic hydroxyl groups is 1. The van der Waals surface area contributed by atoms with Gasteiger partial charge in [-0.3, -0.25) is 10.1 Å². The highest BCUT2D eigenvalue weighted by molar-refractivity contribution is 6.30. The van der Waals surface area contributed by atoms with Crippen LogP contribution in [-0.2, 0) is 6.61 Å². The monoisotopic (exact) mass is 279 g/mol. The highest BCUT2D eigenvalue weighted by atomic mass is 35.5. The van der Waals surface area contributed by atoms with Crippen molar-refractivity contribution in [2.24, 2.45) is 0 Å². The first-order chi connectivity index (χ1) is 9.10. The highest BCUT2D eigenvalue weighted by Gasteiger charge is 2.16. The van der Waals surface area contributed by atoms with Gasteiger partial charge in [-0.1, -0.05) is 23.7 Å². The molecule has 6 heteroatoms. The van der Waals surface area contributed by atoms with Crippen molar-refractivity contribution in [1.82, 2.24) is 0 Å². The number of nitro benzene ring substituents is 1. The normalized spacial score (nSPS) is 10.2. The molecule has 2 aromatic carbocycles. The molecule has 0 saturated carbocycles.